The van der Waals surface area contributed by atoms with Gasteiger partial charge in [-0.1, -0.05) is 36.9 Å². The number of carbonyl (C=O) groups excluding carboxylic acids is 4. The van der Waals surface area contributed by atoms with E-state index in [0.29, 0.717) is 25.9 Å². The minimum Gasteiger partial charge on any atom is -0.467 e. The Morgan fingerprint density at radius 2 is 1.83 bits per heavy atom. The number of piperazine rings is 1. The van der Waals surface area contributed by atoms with Gasteiger partial charge in [-0.25, -0.2) is 4.79 Å². The van der Waals surface area contributed by atoms with E-state index in [1.807, 2.05) is 18.2 Å². The van der Waals surface area contributed by atoms with Crippen LogP contribution < -0.4 is 5.32 Å². The number of carbonyl (C=O) groups is 4. The fourth-order valence-electron chi connectivity index (χ4n) is 3.97. The molecule has 0 unspecified atom stereocenters. The van der Waals surface area contributed by atoms with Gasteiger partial charge in [0.2, 0.25) is 17.7 Å². The maximum Gasteiger partial charge on any atom is 0.331 e. The molecule has 2 heterocycles. The molecule has 0 radical (unpaired) electrons. The molecule has 2 fully saturated rings. The zero-order valence-corrected chi connectivity index (χ0v) is 16.4. The number of likely N-dealkylation sites (tertiary alicyclic amines) is 1. The highest BCUT2D eigenvalue weighted by atomic mass is 16.5. The standard InChI is InChI=1S/C21H25N3O5/c1-3-17(26)23-11-9-15(10-12-23)20(27)24-13-16(25)22-18(19(24)21(28)29-2)14-7-5-4-6-8-14/h3-8,15,18-19H,1,9-13H2,2H3,(H,22,25)/t18-,19+/m1/s1. The predicted octanol–water partition coefficient (Wildman–Crippen LogP) is 0.652. The van der Waals surface area contributed by atoms with Crippen LogP contribution in [0.5, 0.6) is 0 Å². The minimum atomic E-state index is -0.944. The molecule has 2 atom stereocenters. The first-order valence-electron chi connectivity index (χ1n) is 9.60. The van der Waals surface area contributed by atoms with Crippen molar-refractivity contribution in [3.63, 3.8) is 0 Å². The third-order valence-electron chi connectivity index (χ3n) is 5.50. The average Bonchev–Trinajstić information content (AvgIpc) is 2.77. The van der Waals surface area contributed by atoms with Crippen LogP contribution in [0.2, 0.25) is 0 Å². The summed E-state index contributed by atoms with van der Waals surface area (Å²) in [6.45, 7) is 4.16. The molecule has 1 aromatic rings. The van der Waals surface area contributed by atoms with E-state index in [9.17, 15) is 19.2 Å². The largest absolute Gasteiger partial charge is 0.467 e. The zero-order valence-electron chi connectivity index (χ0n) is 16.4. The molecule has 29 heavy (non-hydrogen) atoms. The predicted molar refractivity (Wildman–Crippen MR) is 104 cm³/mol. The lowest BCUT2D eigenvalue weighted by Crippen LogP contribution is -2.62. The SMILES string of the molecule is C=CC(=O)N1CCC(C(=O)N2CC(=O)N[C@H](c3ccccc3)[C@H]2C(=O)OC)CC1. The molecule has 154 valence electrons. The molecule has 0 bridgehead atoms. The third-order valence-corrected chi connectivity index (χ3v) is 5.50. The quantitative estimate of drug-likeness (QED) is 0.593. The number of hydrogen-bond acceptors (Lipinski definition) is 5. The van der Waals surface area contributed by atoms with Gasteiger partial charge in [0.05, 0.1) is 13.2 Å². The van der Waals surface area contributed by atoms with Gasteiger partial charge in [-0.2, -0.15) is 0 Å². The highest BCUT2D eigenvalue weighted by Gasteiger charge is 2.45. The van der Waals surface area contributed by atoms with Crippen LogP contribution in [0.1, 0.15) is 24.4 Å². The van der Waals surface area contributed by atoms with Crippen molar-refractivity contribution in [3.05, 3.63) is 48.6 Å². The van der Waals surface area contributed by atoms with Gasteiger partial charge in [-0.15, -0.1) is 0 Å². The number of nitrogens with zero attached hydrogens (tertiary/aromatic N) is 2. The van der Waals surface area contributed by atoms with Gasteiger partial charge in [0, 0.05) is 19.0 Å². The second-order valence-corrected chi connectivity index (χ2v) is 7.19. The van der Waals surface area contributed by atoms with E-state index in [1.54, 1.807) is 17.0 Å². The highest BCUT2D eigenvalue weighted by molar-refractivity contribution is 5.93. The Bertz CT molecular complexity index is 802. The molecule has 8 nitrogen and oxygen atoms in total. The molecule has 0 aliphatic carbocycles. The molecular weight excluding hydrogens is 374 g/mol. The van der Waals surface area contributed by atoms with Crippen molar-refractivity contribution in [1.82, 2.24) is 15.1 Å². The summed E-state index contributed by atoms with van der Waals surface area (Å²) in [6.07, 6.45) is 2.20. The van der Waals surface area contributed by atoms with E-state index >= 15 is 0 Å². The second-order valence-electron chi connectivity index (χ2n) is 7.19. The van der Waals surface area contributed by atoms with Crippen molar-refractivity contribution < 1.29 is 23.9 Å². The van der Waals surface area contributed by atoms with E-state index in [-0.39, 0.29) is 30.2 Å². The Balaban J connectivity index is 1.83. The molecule has 3 amide bonds. The molecule has 0 aromatic heterocycles. The maximum atomic E-state index is 13.3. The van der Waals surface area contributed by atoms with E-state index < -0.39 is 18.1 Å². The summed E-state index contributed by atoms with van der Waals surface area (Å²) in [5, 5.41) is 2.82. The molecule has 0 spiro atoms. The van der Waals surface area contributed by atoms with E-state index in [0.717, 1.165) is 5.56 Å². The molecule has 8 heteroatoms. The maximum absolute atomic E-state index is 13.3. The molecule has 2 saturated heterocycles. The van der Waals surface area contributed by atoms with Crippen LogP contribution in [0.3, 0.4) is 0 Å². The van der Waals surface area contributed by atoms with Gasteiger partial charge in [-0.05, 0) is 24.5 Å². The Kier molecular flexibility index (Phi) is 6.31. The zero-order chi connectivity index (χ0) is 21.0. The summed E-state index contributed by atoms with van der Waals surface area (Å²) in [6, 6.07) is 7.42. The lowest BCUT2D eigenvalue weighted by molar-refractivity contribution is -0.161. The van der Waals surface area contributed by atoms with Crippen molar-refractivity contribution in [1.29, 1.82) is 0 Å². The number of esters is 1. The number of amides is 3. The Labute approximate surface area is 169 Å². The lowest BCUT2D eigenvalue weighted by atomic mass is 9.91. The number of hydrogen-bond donors (Lipinski definition) is 1. The minimum absolute atomic E-state index is 0.162. The van der Waals surface area contributed by atoms with Crippen LogP contribution in [-0.2, 0) is 23.9 Å². The number of rotatable bonds is 4. The van der Waals surface area contributed by atoms with E-state index in [4.69, 9.17) is 4.74 Å². The van der Waals surface area contributed by atoms with Gasteiger partial charge in [0.25, 0.3) is 0 Å². The topological polar surface area (TPSA) is 96.0 Å². The van der Waals surface area contributed by atoms with E-state index in [2.05, 4.69) is 11.9 Å². The van der Waals surface area contributed by atoms with Gasteiger partial charge in [0.1, 0.15) is 6.54 Å². The van der Waals surface area contributed by atoms with Crippen LogP contribution in [-0.4, -0.2) is 66.3 Å². The van der Waals surface area contributed by atoms with Gasteiger partial charge >= 0.3 is 5.97 Å². The van der Waals surface area contributed by atoms with Gasteiger partial charge in [0.15, 0.2) is 6.04 Å². The van der Waals surface area contributed by atoms with Crippen LogP contribution in [0.25, 0.3) is 0 Å². The summed E-state index contributed by atoms with van der Waals surface area (Å²) >= 11 is 0. The smallest absolute Gasteiger partial charge is 0.331 e. The fraction of sp³-hybridized carbons (Fsp3) is 0.429. The molecular formula is C21H25N3O5. The Morgan fingerprint density at radius 3 is 2.41 bits per heavy atom. The Morgan fingerprint density at radius 1 is 1.17 bits per heavy atom. The van der Waals surface area contributed by atoms with Crippen LogP contribution in [0.15, 0.2) is 43.0 Å². The van der Waals surface area contributed by atoms with Crippen LogP contribution in [0, 0.1) is 5.92 Å². The highest BCUT2D eigenvalue weighted by Crippen LogP contribution is 2.29. The first-order chi connectivity index (χ1) is 14.0. The summed E-state index contributed by atoms with van der Waals surface area (Å²) in [5.41, 5.74) is 0.722. The lowest BCUT2D eigenvalue weighted by Gasteiger charge is -2.42. The fourth-order valence-corrected chi connectivity index (χ4v) is 3.97. The number of benzene rings is 1. The van der Waals surface area contributed by atoms with Crippen LogP contribution in [0.4, 0.5) is 0 Å². The number of methoxy groups -OCH3 is 1. The monoisotopic (exact) mass is 399 g/mol. The first kappa shape index (κ1) is 20.6. The molecule has 2 aliphatic heterocycles. The first-order valence-corrected chi connectivity index (χ1v) is 9.60. The molecule has 1 N–H and O–H groups in total. The van der Waals surface area contributed by atoms with Crippen molar-refractivity contribution in [3.8, 4) is 0 Å². The number of ether oxygens (including phenoxy) is 1. The van der Waals surface area contributed by atoms with Crippen LogP contribution >= 0.6 is 0 Å². The molecule has 3 rings (SSSR count). The van der Waals surface area contributed by atoms with Gasteiger partial charge in [-0.3, -0.25) is 14.4 Å². The van der Waals surface area contributed by atoms with E-state index in [1.165, 1.54) is 18.1 Å². The summed E-state index contributed by atoms with van der Waals surface area (Å²) in [5.74, 6) is -1.69. The third kappa shape index (κ3) is 4.31. The molecule has 1 aromatic carbocycles. The van der Waals surface area contributed by atoms with Crippen molar-refractivity contribution in [2.45, 2.75) is 24.9 Å². The normalized spacial score (nSPS) is 22.6. The van der Waals surface area contributed by atoms with Crippen molar-refractivity contribution in [2.24, 2.45) is 5.92 Å². The number of nitrogens with one attached hydrogen (secondary N) is 1. The molecule has 2 aliphatic rings. The van der Waals surface area contributed by atoms with Crippen molar-refractivity contribution in [2.75, 3.05) is 26.7 Å². The average molecular weight is 399 g/mol. The summed E-state index contributed by atoms with van der Waals surface area (Å²) < 4.78 is 4.96. The summed E-state index contributed by atoms with van der Waals surface area (Å²) in [4.78, 5) is 53.0. The summed E-state index contributed by atoms with van der Waals surface area (Å²) in [7, 11) is 1.27. The molecule has 0 saturated carbocycles. The Hall–Kier alpha value is -3.16. The van der Waals surface area contributed by atoms with Crippen molar-refractivity contribution >= 4 is 23.7 Å². The van der Waals surface area contributed by atoms with Gasteiger partial charge < -0.3 is 19.9 Å². The second kappa shape index (κ2) is 8.89. The number of piperidine rings is 1.